The summed E-state index contributed by atoms with van der Waals surface area (Å²) in [5.41, 5.74) is 1.01. The zero-order valence-corrected chi connectivity index (χ0v) is 16.6. The van der Waals surface area contributed by atoms with Crippen molar-refractivity contribution < 1.29 is 17.9 Å². The average molecular weight is 471 g/mol. The molecule has 0 atom stereocenters. The van der Waals surface area contributed by atoms with E-state index in [2.05, 4.69) is 32.0 Å². The van der Waals surface area contributed by atoms with Gasteiger partial charge in [0.05, 0.1) is 12.0 Å². The highest BCUT2D eigenvalue weighted by atomic mass is 127. The Bertz CT molecular complexity index is 846. The molecule has 0 fully saturated rings. The number of allylic oxidation sites excluding steroid dienone is 1. The van der Waals surface area contributed by atoms with Crippen molar-refractivity contribution in [2.24, 2.45) is 0 Å². The zero-order valence-electron chi connectivity index (χ0n) is 13.6. The molecule has 0 aromatic heterocycles. The highest BCUT2D eigenvalue weighted by Crippen LogP contribution is 2.14. The molecule has 2 rings (SSSR count). The fraction of sp³-hybridized carbons (Fsp3) is 0.167. The lowest BCUT2D eigenvalue weighted by molar-refractivity contribution is -0.136. The van der Waals surface area contributed by atoms with E-state index >= 15 is 0 Å². The van der Waals surface area contributed by atoms with E-state index in [1.165, 1.54) is 19.2 Å². The number of carbonyl (C=O) groups is 1. The van der Waals surface area contributed by atoms with Gasteiger partial charge < -0.3 is 4.74 Å². The van der Waals surface area contributed by atoms with Crippen LogP contribution < -0.4 is 4.72 Å². The Morgan fingerprint density at radius 3 is 2.36 bits per heavy atom. The third-order valence-electron chi connectivity index (χ3n) is 3.40. The van der Waals surface area contributed by atoms with E-state index in [1.807, 2.05) is 30.3 Å². The van der Waals surface area contributed by atoms with Crippen LogP contribution in [0.2, 0.25) is 0 Å². The predicted octanol–water partition coefficient (Wildman–Crippen LogP) is 3.26. The zero-order chi connectivity index (χ0) is 18.3. The van der Waals surface area contributed by atoms with Gasteiger partial charge in [0.25, 0.3) is 10.0 Å². The van der Waals surface area contributed by atoms with Crippen LogP contribution in [0.25, 0.3) is 0 Å². The summed E-state index contributed by atoms with van der Waals surface area (Å²) in [6.07, 6.45) is 2.74. The van der Waals surface area contributed by atoms with Gasteiger partial charge in [-0.3, -0.25) is 4.72 Å². The third-order valence-corrected chi connectivity index (χ3v) is 5.50. The van der Waals surface area contributed by atoms with E-state index in [1.54, 1.807) is 18.2 Å². The minimum atomic E-state index is -3.85. The molecule has 0 aliphatic carbocycles. The van der Waals surface area contributed by atoms with Crippen molar-refractivity contribution in [1.29, 1.82) is 0 Å². The van der Waals surface area contributed by atoms with Gasteiger partial charge >= 0.3 is 5.97 Å². The van der Waals surface area contributed by atoms with Crippen molar-refractivity contribution in [2.75, 3.05) is 7.11 Å². The molecule has 2 aromatic carbocycles. The summed E-state index contributed by atoms with van der Waals surface area (Å²) in [6, 6.07) is 16.1. The molecule has 132 valence electrons. The third kappa shape index (κ3) is 5.86. The minimum Gasteiger partial charge on any atom is -0.464 e. The maximum Gasteiger partial charge on any atom is 0.354 e. The molecule has 7 heteroatoms. The van der Waals surface area contributed by atoms with Crippen LogP contribution in [0.3, 0.4) is 0 Å². The van der Waals surface area contributed by atoms with E-state index < -0.39 is 16.0 Å². The number of benzene rings is 2. The lowest BCUT2D eigenvalue weighted by atomic mass is 10.1. The maximum atomic E-state index is 12.4. The van der Waals surface area contributed by atoms with E-state index in [0.717, 1.165) is 9.13 Å². The van der Waals surface area contributed by atoms with Crippen molar-refractivity contribution in [3.8, 4) is 0 Å². The second kappa shape index (κ2) is 9.00. The van der Waals surface area contributed by atoms with Crippen LogP contribution in [0.4, 0.5) is 0 Å². The smallest absolute Gasteiger partial charge is 0.354 e. The van der Waals surface area contributed by atoms with E-state index in [-0.39, 0.29) is 10.6 Å². The standard InChI is InChI=1S/C18H18INO4S/c1-24-18(21)17(9-5-8-14-6-3-2-4-7-14)20-25(22,23)16-12-10-15(19)11-13-16/h2-4,6-7,9-13,20H,5,8H2,1H3/b17-9-. The van der Waals surface area contributed by atoms with Gasteiger partial charge in [-0.15, -0.1) is 0 Å². The van der Waals surface area contributed by atoms with E-state index in [4.69, 9.17) is 0 Å². The van der Waals surface area contributed by atoms with Crippen LogP contribution >= 0.6 is 22.6 Å². The number of ether oxygens (including phenoxy) is 1. The average Bonchev–Trinajstić information content (AvgIpc) is 2.61. The molecule has 0 saturated carbocycles. The fourth-order valence-electron chi connectivity index (χ4n) is 2.12. The van der Waals surface area contributed by atoms with Crippen molar-refractivity contribution in [1.82, 2.24) is 4.72 Å². The first-order valence-corrected chi connectivity index (χ1v) is 10.1. The van der Waals surface area contributed by atoms with Crippen LogP contribution in [-0.4, -0.2) is 21.5 Å². The number of halogens is 1. The van der Waals surface area contributed by atoms with Crippen LogP contribution in [-0.2, 0) is 26.0 Å². The molecule has 0 unspecified atom stereocenters. The molecule has 0 aliphatic heterocycles. The van der Waals surface area contributed by atoms with Crippen LogP contribution in [0.15, 0.2) is 71.3 Å². The number of carbonyl (C=O) groups excluding carboxylic acids is 1. The van der Waals surface area contributed by atoms with Gasteiger partial charge in [0, 0.05) is 3.57 Å². The first-order chi connectivity index (χ1) is 11.9. The normalized spacial score (nSPS) is 11.8. The minimum absolute atomic E-state index is 0.0861. The molecule has 0 aliphatic rings. The van der Waals surface area contributed by atoms with Gasteiger partial charge in [-0.05, 0) is 65.3 Å². The Morgan fingerprint density at radius 1 is 1.12 bits per heavy atom. The number of nitrogens with one attached hydrogen (secondary N) is 1. The van der Waals surface area contributed by atoms with E-state index in [0.29, 0.717) is 12.8 Å². The molecular formula is C18H18INO4S. The Morgan fingerprint density at radius 2 is 1.76 bits per heavy atom. The monoisotopic (exact) mass is 471 g/mol. The molecule has 0 saturated heterocycles. The summed E-state index contributed by atoms with van der Waals surface area (Å²) in [4.78, 5) is 12.0. The van der Waals surface area contributed by atoms with E-state index in [9.17, 15) is 13.2 Å². The quantitative estimate of drug-likeness (QED) is 0.383. The van der Waals surface area contributed by atoms with Gasteiger partial charge in [0.1, 0.15) is 5.70 Å². The molecule has 25 heavy (non-hydrogen) atoms. The molecule has 5 nitrogen and oxygen atoms in total. The van der Waals surface area contributed by atoms with Crippen LogP contribution in [0.1, 0.15) is 12.0 Å². The molecule has 0 heterocycles. The van der Waals surface area contributed by atoms with Gasteiger partial charge in [0.15, 0.2) is 0 Å². The van der Waals surface area contributed by atoms with Crippen molar-refractivity contribution >= 4 is 38.6 Å². The second-order valence-electron chi connectivity index (χ2n) is 5.19. The number of sulfonamides is 1. The Kier molecular flexibility index (Phi) is 7.01. The van der Waals surface area contributed by atoms with Gasteiger partial charge in [-0.25, -0.2) is 13.2 Å². The van der Waals surface area contributed by atoms with Crippen LogP contribution in [0.5, 0.6) is 0 Å². The topological polar surface area (TPSA) is 72.5 Å². The fourth-order valence-corrected chi connectivity index (χ4v) is 3.55. The molecular weight excluding hydrogens is 453 g/mol. The second-order valence-corrected chi connectivity index (χ2v) is 8.12. The van der Waals surface area contributed by atoms with Gasteiger partial charge in [0.2, 0.25) is 0 Å². The summed E-state index contributed by atoms with van der Waals surface area (Å²) in [5.74, 6) is -0.720. The number of esters is 1. The lowest BCUT2D eigenvalue weighted by Gasteiger charge is -2.10. The molecule has 1 N–H and O–H groups in total. The summed E-state index contributed by atoms with van der Waals surface area (Å²) in [6.45, 7) is 0. The van der Waals surface area contributed by atoms with Crippen molar-refractivity contribution in [3.63, 3.8) is 0 Å². The van der Waals surface area contributed by atoms with Crippen molar-refractivity contribution in [3.05, 3.63) is 75.5 Å². The first kappa shape index (κ1) is 19.5. The molecule has 0 amide bonds. The SMILES string of the molecule is COC(=O)/C(=C/CCc1ccccc1)NS(=O)(=O)c1ccc(I)cc1. The van der Waals surface area contributed by atoms with Gasteiger partial charge in [-0.1, -0.05) is 36.4 Å². The highest BCUT2D eigenvalue weighted by molar-refractivity contribution is 14.1. The summed E-state index contributed by atoms with van der Waals surface area (Å²) >= 11 is 2.09. The van der Waals surface area contributed by atoms with Crippen molar-refractivity contribution in [2.45, 2.75) is 17.7 Å². The first-order valence-electron chi connectivity index (χ1n) is 7.53. The van der Waals surface area contributed by atoms with Crippen LogP contribution in [0, 0.1) is 3.57 Å². The number of aryl methyl sites for hydroxylation is 1. The number of rotatable bonds is 7. The number of hydrogen-bond donors (Lipinski definition) is 1. The summed E-state index contributed by atoms with van der Waals surface area (Å²) in [7, 11) is -2.63. The Balaban J connectivity index is 2.15. The number of hydrogen-bond acceptors (Lipinski definition) is 4. The highest BCUT2D eigenvalue weighted by Gasteiger charge is 2.19. The lowest BCUT2D eigenvalue weighted by Crippen LogP contribution is -2.28. The molecule has 0 spiro atoms. The molecule has 2 aromatic rings. The molecule has 0 radical (unpaired) electrons. The summed E-state index contributed by atoms with van der Waals surface area (Å²) in [5, 5.41) is 0. The number of methoxy groups -OCH3 is 1. The largest absolute Gasteiger partial charge is 0.464 e. The van der Waals surface area contributed by atoms with Gasteiger partial charge in [-0.2, -0.15) is 0 Å². The predicted molar refractivity (Wildman–Crippen MR) is 104 cm³/mol. The Labute approximate surface area is 161 Å². The molecule has 0 bridgehead atoms. The summed E-state index contributed by atoms with van der Waals surface area (Å²) < 4.78 is 32.8. The maximum absolute atomic E-state index is 12.4. The Hall–Kier alpha value is -1.87.